The largest absolute Gasteiger partial charge is 0.388 e. The highest BCUT2D eigenvalue weighted by molar-refractivity contribution is 7.16. The van der Waals surface area contributed by atoms with E-state index in [2.05, 4.69) is 13.8 Å². The highest BCUT2D eigenvalue weighted by Gasteiger charge is 2.26. The summed E-state index contributed by atoms with van der Waals surface area (Å²) >= 11 is 1.30. The van der Waals surface area contributed by atoms with Crippen molar-refractivity contribution in [2.24, 2.45) is 0 Å². The van der Waals surface area contributed by atoms with Crippen molar-refractivity contribution in [3.63, 3.8) is 0 Å². The molecule has 1 aromatic rings. The van der Waals surface area contributed by atoms with Gasteiger partial charge in [-0.1, -0.05) is 13.8 Å². The summed E-state index contributed by atoms with van der Waals surface area (Å²) in [5.74, 6) is 0. The summed E-state index contributed by atoms with van der Waals surface area (Å²) in [4.78, 5) is 13.3. The zero-order chi connectivity index (χ0) is 13.9. The van der Waals surface area contributed by atoms with E-state index >= 15 is 0 Å². The molecule has 0 spiro atoms. The first-order chi connectivity index (χ1) is 8.42. The first-order valence-corrected chi connectivity index (χ1v) is 6.92. The van der Waals surface area contributed by atoms with Crippen molar-refractivity contribution in [3.8, 4) is 0 Å². The van der Waals surface area contributed by atoms with E-state index < -0.39 is 6.10 Å². The van der Waals surface area contributed by atoms with Crippen LogP contribution in [0.2, 0.25) is 0 Å². The maximum atomic E-state index is 11.1. The fourth-order valence-corrected chi connectivity index (χ4v) is 3.08. The molecule has 5 nitrogen and oxygen atoms in total. The van der Waals surface area contributed by atoms with Crippen molar-refractivity contribution >= 4 is 22.0 Å². The molecule has 0 unspecified atom stereocenters. The summed E-state index contributed by atoms with van der Waals surface area (Å²) in [6.45, 7) is 5.76. The third-order valence-electron chi connectivity index (χ3n) is 3.13. The molecule has 0 radical (unpaired) electrons. The molecule has 1 N–H and O–H groups in total. The summed E-state index contributed by atoms with van der Waals surface area (Å²) in [7, 11) is 1.88. The van der Waals surface area contributed by atoms with Crippen LogP contribution in [-0.4, -0.2) is 23.1 Å². The number of aliphatic hydroxyl groups excluding tert-OH is 1. The Morgan fingerprint density at radius 1 is 1.50 bits per heavy atom. The van der Waals surface area contributed by atoms with Gasteiger partial charge in [0, 0.05) is 24.0 Å². The van der Waals surface area contributed by atoms with E-state index in [1.54, 1.807) is 6.92 Å². The predicted octanol–water partition coefficient (Wildman–Crippen LogP) is 3.33. The molecule has 0 bridgehead atoms. The van der Waals surface area contributed by atoms with Crippen LogP contribution in [0.3, 0.4) is 0 Å². The molecule has 1 atom stereocenters. The molecule has 0 saturated carbocycles. The molecular weight excluding hydrogens is 252 g/mol. The fourth-order valence-electron chi connectivity index (χ4n) is 1.98. The lowest BCUT2D eigenvalue weighted by atomic mass is 10.1. The molecule has 0 aliphatic heterocycles. The average molecular weight is 272 g/mol. The predicted molar refractivity (Wildman–Crippen MR) is 74.4 cm³/mol. The summed E-state index contributed by atoms with van der Waals surface area (Å²) in [6, 6.07) is 1.76. The number of thiophene rings is 1. The summed E-state index contributed by atoms with van der Waals surface area (Å²) in [5, 5.41) is 21.2. The van der Waals surface area contributed by atoms with Gasteiger partial charge in [-0.05, 0) is 19.8 Å². The van der Waals surface area contributed by atoms with E-state index in [9.17, 15) is 15.2 Å². The van der Waals surface area contributed by atoms with Crippen molar-refractivity contribution in [2.45, 2.75) is 45.8 Å². The maximum absolute atomic E-state index is 11.1. The molecule has 0 aromatic carbocycles. The SMILES string of the molecule is CCC(CC)N(C)c1sc([C@H](C)O)cc1[N+](=O)[O-]. The third kappa shape index (κ3) is 3.00. The van der Waals surface area contributed by atoms with Crippen LogP contribution < -0.4 is 4.90 Å². The van der Waals surface area contributed by atoms with Gasteiger partial charge in [-0.2, -0.15) is 0 Å². The molecule has 0 aliphatic rings. The lowest BCUT2D eigenvalue weighted by molar-refractivity contribution is -0.383. The molecule has 102 valence electrons. The van der Waals surface area contributed by atoms with Crippen LogP contribution in [-0.2, 0) is 0 Å². The van der Waals surface area contributed by atoms with E-state index in [1.165, 1.54) is 17.4 Å². The number of nitrogens with zero attached hydrogens (tertiary/aromatic N) is 2. The molecule has 6 heteroatoms. The lowest BCUT2D eigenvalue weighted by Gasteiger charge is -2.26. The number of aliphatic hydroxyl groups is 1. The molecule has 0 aliphatic carbocycles. The molecule has 0 fully saturated rings. The van der Waals surface area contributed by atoms with Crippen molar-refractivity contribution in [1.29, 1.82) is 0 Å². The number of hydrogen-bond donors (Lipinski definition) is 1. The minimum absolute atomic E-state index is 0.0882. The van der Waals surface area contributed by atoms with Gasteiger partial charge in [0.25, 0.3) is 0 Å². The van der Waals surface area contributed by atoms with E-state index in [4.69, 9.17) is 0 Å². The first kappa shape index (κ1) is 14.9. The normalized spacial score (nSPS) is 12.8. The van der Waals surface area contributed by atoms with Gasteiger partial charge in [0.2, 0.25) is 0 Å². The van der Waals surface area contributed by atoms with Gasteiger partial charge in [0.15, 0.2) is 5.00 Å². The molecule has 0 saturated heterocycles. The summed E-state index contributed by atoms with van der Waals surface area (Å²) in [6.07, 6.45) is 1.20. The van der Waals surface area contributed by atoms with Crippen LogP contribution in [0.4, 0.5) is 10.7 Å². The van der Waals surface area contributed by atoms with Crippen LogP contribution in [0.25, 0.3) is 0 Å². The molecule has 1 aromatic heterocycles. The van der Waals surface area contributed by atoms with E-state index in [1.807, 2.05) is 11.9 Å². The highest BCUT2D eigenvalue weighted by Crippen LogP contribution is 2.40. The van der Waals surface area contributed by atoms with Gasteiger partial charge in [-0.3, -0.25) is 10.1 Å². The smallest absolute Gasteiger partial charge is 0.304 e. The Morgan fingerprint density at radius 3 is 2.44 bits per heavy atom. The topological polar surface area (TPSA) is 66.6 Å². The number of rotatable bonds is 6. The van der Waals surface area contributed by atoms with Crippen LogP contribution in [0.1, 0.15) is 44.6 Å². The van der Waals surface area contributed by atoms with Crippen molar-refractivity contribution in [2.75, 3.05) is 11.9 Å². The van der Waals surface area contributed by atoms with Gasteiger partial charge in [0.05, 0.1) is 11.0 Å². The monoisotopic (exact) mass is 272 g/mol. The Morgan fingerprint density at radius 2 is 2.06 bits per heavy atom. The lowest BCUT2D eigenvalue weighted by Crippen LogP contribution is -2.29. The first-order valence-electron chi connectivity index (χ1n) is 6.11. The van der Waals surface area contributed by atoms with Crippen molar-refractivity contribution in [1.82, 2.24) is 0 Å². The summed E-state index contributed by atoms with van der Waals surface area (Å²) < 4.78 is 0. The molecule has 0 amide bonds. The van der Waals surface area contributed by atoms with Gasteiger partial charge in [0.1, 0.15) is 0 Å². The van der Waals surface area contributed by atoms with Crippen LogP contribution in [0.15, 0.2) is 6.07 Å². The van der Waals surface area contributed by atoms with Crippen LogP contribution >= 0.6 is 11.3 Å². The van der Waals surface area contributed by atoms with Gasteiger partial charge in [-0.25, -0.2) is 0 Å². The number of nitro groups is 1. The molecule has 1 heterocycles. The molecule has 18 heavy (non-hydrogen) atoms. The van der Waals surface area contributed by atoms with Gasteiger partial charge < -0.3 is 10.0 Å². The standard InChI is InChI=1S/C12H20N2O3S/c1-5-9(6-2)13(4)12-10(14(16)17)7-11(18-12)8(3)15/h7-9,15H,5-6H2,1-4H3/t8-/m0/s1. The van der Waals surface area contributed by atoms with Gasteiger partial charge in [-0.15, -0.1) is 11.3 Å². The fraction of sp³-hybridized carbons (Fsp3) is 0.667. The second kappa shape index (κ2) is 6.15. The number of anilines is 1. The Balaban J connectivity index is 3.16. The zero-order valence-electron chi connectivity index (χ0n) is 11.2. The third-order valence-corrected chi connectivity index (χ3v) is 4.52. The zero-order valence-corrected chi connectivity index (χ0v) is 12.0. The van der Waals surface area contributed by atoms with E-state index in [0.29, 0.717) is 9.88 Å². The molecular formula is C12H20N2O3S. The van der Waals surface area contributed by atoms with Gasteiger partial charge >= 0.3 is 5.69 Å². The van der Waals surface area contributed by atoms with Crippen molar-refractivity contribution in [3.05, 3.63) is 21.1 Å². The second-order valence-electron chi connectivity index (χ2n) is 4.35. The Kier molecular flexibility index (Phi) is 5.10. The van der Waals surface area contributed by atoms with E-state index in [0.717, 1.165) is 12.8 Å². The van der Waals surface area contributed by atoms with Crippen LogP contribution in [0, 0.1) is 10.1 Å². The minimum Gasteiger partial charge on any atom is -0.388 e. The second-order valence-corrected chi connectivity index (χ2v) is 5.42. The van der Waals surface area contributed by atoms with Crippen molar-refractivity contribution < 1.29 is 10.0 Å². The Bertz CT molecular complexity index is 413. The maximum Gasteiger partial charge on any atom is 0.304 e. The summed E-state index contributed by atoms with van der Waals surface area (Å²) in [5.41, 5.74) is 0.0882. The highest BCUT2D eigenvalue weighted by atomic mass is 32.1. The Labute approximate surface area is 111 Å². The quantitative estimate of drug-likeness (QED) is 0.637. The molecule has 1 rings (SSSR count). The van der Waals surface area contributed by atoms with E-state index in [-0.39, 0.29) is 16.7 Å². The number of hydrogen-bond acceptors (Lipinski definition) is 5. The average Bonchev–Trinajstić information content (AvgIpc) is 2.75. The van der Waals surface area contributed by atoms with Crippen LogP contribution in [0.5, 0.6) is 0 Å². The Hall–Kier alpha value is -1.14. The minimum atomic E-state index is -0.669.